The Kier molecular flexibility index (Phi) is 5.47. The van der Waals surface area contributed by atoms with E-state index in [1.54, 1.807) is 25.2 Å². The molecule has 5 rings (SSSR count). The summed E-state index contributed by atoms with van der Waals surface area (Å²) < 4.78 is 1.88. The lowest BCUT2D eigenvalue weighted by Crippen LogP contribution is -2.47. The van der Waals surface area contributed by atoms with Crippen LogP contribution in [0.3, 0.4) is 0 Å². The van der Waals surface area contributed by atoms with E-state index in [0.717, 1.165) is 41.8 Å². The van der Waals surface area contributed by atoms with E-state index in [9.17, 15) is 14.7 Å². The lowest BCUT2D eigenvalue weighted by molar-refractivity contribution is -0.136. The predicted molar refractivity (Wildman–Crippen MR) is 122 cm³/mol. The molecule has 7 heteroatoms. The first kappa shape index (κ1) is 21.1. The van der Waals surface area contributed by atoms with Crippen molar-refractivity contribution in [3.05, 3.63) is 69.9 Å². The summed E-state index contributed by atoms with van der Waals surface area (Å²) in [5, 5.41) is 10.4. The van der Waals surface area contributed by atoms with Crippen LogP contribution in [-0.4, -0.2) is 57.1 Å². The number of likely N-dealkylation sites (tertiary alicyclic amines) is 1. The van der Waals surface area contributed by atoms with E-state index in [2.05, 4.69) is 22.0 Å². The number of carbonyl (C=O) groups is 1. The van der Waals surface area contributed by atoms with Gasteiger partial charge >= 0.3 is 0 Å². The summed E-state index contributed by atoms with van der Waals surface area (Å²) in [6, 6.07) is 9.23. The number of rotatable bonds is 5. The molecule has 168 valence electrons. The van der Waals surface area contributed by atoms with Gasteiger partial charge in [-0.1, -0.05) is 12.1 Å². The van der Waals surface area contributed by atoms with Crippen molar-refractivity contribution in [3.8, 4) is 0 Å². The second kappa shape index (κ2) is 8.30. The normalized spacial score (nSPS) is 26.7. The summed E-state index contributed by atoms with van der Waals surface area (Å²) in [5.41, 5.74) is 3.80. The van der Waals surface area contributed by atoms with Crippen LogP contribution in [0.2, 0.25) is 0 Å². The molecule has 2 aliphatic heterocycles. The van der Waals surface area contributed by atoms with Gasteiger partial charge in [0.15, 0.2) is 0 Å². The van der Waals surface area contributed by atoms with Crippen LogP contribution < -0.4 is 5.56 Å². The van der Waals surface area contributed by atoms with Gasteiger partial charge in [-0.2, -0.15) is 0 Å². The molecule has 4 atom stereocenters. The molecule has 0 unspecified atom stereocenters. The maximum Gasteiger partial charge on any atom is 0.258 e. The summed E-state index contributed by atoms with van der Waals surface area (Å²) in [6.07, 6.45) is 7.01. The van der Waals surface area contributed by atoms with Crippen molar-refractivity contribution in [2.75, 3.05) is 20.7 Å². The third kappa shape index (κ3) is 3.31. The van der Waals surface area contributed by atoms with Crippen LogP contribution in [-0.2, 0) is 17.9 Å². The van der Waals surface area contributed by atoms with E-state index < -0.39 is 6.04 Å². The number of hydrogen-bond acceptors (Lipinski definition) is 5. The molecule has 1 N–H and O–H groups in total. The zero-order chi connectivity index (χ0) is 22.4. The molecule has 1 saturated heterocycles. The highest BCUT2D eigenvalue weighted by Gasteiger charge is 2.55. The SMILES string of the molecule is CN(C)C(=O)[C@H]1[C@H](CO)[C@H]2Cn3c(ccc(C4=CCCC4)c3=O)[C@H]2N1Cc1ccccn1. The first-order valence-corrected chi connectivity index (χ1v) is 11.4. The smallest absolute Gasteiger partial charge is 0.258 e. The predicted octanol–water partition coefficient (Wildman–Crippen LogP) is 2.06. The van der Waals surface area contributed by atoms with Gasteiger partial charge in [0.1, 0.15) is 0 Å². The van der Waals surface area contributed by atoms with Crippen molar-refractivity contribution in [1.82, 2.24) is 19.4 Å². The maximum atomic E-state index is 13.4. The highest BCUT2D eigenvalue weighted by Crippen LogP contribution is 2.50. The maximum absolute atomic E-state index is 13.4. The molecule has 7 nitrogen and oxygen atoms in total. The number of nitrogens with zero attached hydrogens (tertiary/aromatic N) is 4. The molecule has 0 radical (unpaired) electrons. The fourth-order valence-corrected chi connectivity index (χ4v) is 5.87. The average Bonchev–Trinajstić information content (AvgIpc) is 3.50. The van der Waals surface area contributed by atoms with Crippen molar-refractivity contribution in [2.45, 2.75) is 44.4 Å². The van der Waals surface area contributed by atoms with Gasteiger partial charge in [0.05, 0.1) is 17.8 Å². The number of fused-ring (bicyclic) bond motifs is 3. The summed E-state index contributed by atoms with van der Waals surface area (Å²) in [6.45, 7) is 0.926. The topological polar surface area (TPSA) is 78.7 Å². The second-order valence-corrected chi connectivity index (χ2v) is 9.34. The molecule has 3 aliphatic rings. The van der Waals surface area contributed by atoms with E-state index >= 15 is 0 Å². The molecule has 0 bridgehead atoms. The highest BCUT2D eigenvalue weighted by atomic mass is 16.3. The molecule has 1 aliphatic carbocycles. The number of amides is 1. The number of pyridine rings is 2. The van der Waals surface area contributed by atoms with Crippen molar-refractivity contribution in [2.24, 2.45) is 11.8 Å². The van der Waals surface area contributed by atoms with Crippen molar-refractivity contribution in [1.29, 1.82) is 0 Å². The zero-order valence-electron chi connectivity index (χ0n) is 18.6. The molecule has 1 fully saturated rings. The Balaban J connectivity index is 1.59. The number of carbonyl (C=O) groups excluding carboxylic acids is 1. The van der Waals surface area contributed by atoms with Gasteiger partial charge in [-0.15, -0.1) is 0 Å². The van der Waals surface area contributed by atoms with E-state index in [1.165, 1.54) is 0 Å². The molecule has 1 amide bonds. The number of likely N-dealkylation sites (N-methyl/N-ethyl adjacent to an activating group) is 1. The summed E-state index contributed by atoms with van der Waals surface area (Å²) in [4.78, 5) is 34.9. The average molecular weight is 435 g/mol. The third-order valence-electron chi connectivity index (χ3n) is 7.34. The molecule has 2 aromatic heterocycles. The number of aliphatic hydroxyl groups is 1. The van der Waals surface area contributed by atoms with E-state index in [1.807, 2.05) is 28.8 Å². The van der Waals surface area contributed by atoms with Crippen molar-refractivity contribution >= 4 is 11.5 Å². The molecule has 0 saturated carbocycles. The van der Waals surface area contributed by atoms with Gasteiger partial charge in [-0.3, -0.25) is 19.5 Å². The standard InChI is InChI=1S/C25H30N4O3/c1-27(2)25(32)23-20(15-30)19-14-28-21(11-10-18(24(28)31)16-7-3-4-8-16)22(19)29(23)13-17-9-5-6-12-26-17/h5-7,9-12,19-20,22-23,30H,3-4,8,13-15H2,1-2H3/t19-,20-,22+,23-/m1/s1. The van der Waals surface area contributed by atoms with Gasteiger partial charge in [0.25, 0.3) is 5.56 Å². The fraction of sp³-hybridized carbons (Fsp3) is 0.480. The molecule has 2 aromatic rings. The molecule has 0 spiro atoms. The van der Waals surface area contributed by atoms with E-state index in [-0.39, 0.29) is 36.0 Å². The lowest BCUT2D eigenvalue weighted by atomic mass is 9.88. The molecule has 32 heavy (non-hydrogen) atoms. The van der Waals surface area contributed by atoms with Gasteiger partial charge in [0.2, 0.25) is 5.91 Å². The zero-order valence-corrected chi connectivity index (χ0v) is 18.6. The summed E-state index contributed by atoms with van der Waals surface area (Å²) in [5.74, 6) is -0.263. The third-order valence-corrected chi connectivity index (χ3v) is 7.34. The van der Waals surface area contributed by atoms with Crippen LogP contribution in [0, 0.1) is 11.8 Å². The van der Waals surface area contributed by atoms with Gasteiger partial charge in [-0.25, -0.2) is 0 Å². The Morgan fingerprint density at radius 2 is 2.09 bits per heavy atom. The number of aromatic nitrogens is 2. The van der Waals surface area contributed by atoms with Crippen LogP contribution in [0.25, 0.3) is 5.57 Å². The van der Waals surface area contributed by atoms with Crippen LogP contribution in [0.5, 0.6) is 0 Å². The quantitative estimate of drug-likeness (QED) is 0.780. The van der Waals surface area contributed by atoms with E-state index in [4.69, 9.17) is 0 Å². The Morgan fingerprint density at radius 1 is 1.25 bits per heavy atom. The van der Waals surface area contributed by atoms with Crippen molar-refractivity contribution < 1.29 is 9.90 Å². The van der Waals surface area contributed by atoms with Gasteiger partial charge in [0, 0.05) is 63.1 Å². The van der Waals surface area contributed by atoms with Crippen LogP contribution >= 0.6 is 0 Å². The Bertz CT molecular complexity index is 1110. The Hall–Kier alpha value is -2.77. The van der Waals surface area contributed by atoms with Gasteiger partial charge in [-0.05, 0) is 49.1 Å². The van der Waals surface area contributed by atoms with Crippen LogP contribution in [0.15, 0.2) is 47.4 Å². The minimum absolute atomic E-state index is 0.00174. The summed E-state index contributed by atoms with van der Waals surface area (Å²) in [7, 11) is 3.51. The Labute approximate surface area is 188 Å². The molecular weight excluding hydrogens is 404 g/mol. The summed E-state index contributed by atoms with van der Waals surface area (Å²) >= 11 is 0. The number of aliphatic hydroxyl groups excluding tert-OH is 1. The van der Waals surface area contributed by atoms with Gasteiger partial charge < -0.3 is 14.6 Å². The monoisotopic (exact) mass is 434 g/mol. The molecular formula is C25H30N4O3. The number of allylic oxidation sites excluding steroid dienone is 2. The fourth-order valence-electron chi connectivity index (χ4n) is 5.87. The van der Waals surface area contributed by atoms with E-state index in [0.29, 0.717) is 13.1 Å². The molecule has 0 aromatic carbocycles. The minimum Gasteiger partial charge on any atom is -0.396 e. The minimum atomic E-state index is -0.451. The largest absolute Gasteiger partial charge is 0.396 e. The first-order valence-electron chi connectivity index (χ1n) is 11.4. The Morgan fingerprint density at radius 3 is 2.75 bits per heavy atom. The van der Waals surface area contributed by atoms with Crippen molar-refractivity contribution in [3.63, 3.8) is 0 Å². The first-order chi connectivity index (χ1) is 15.5. The van der Waals surface area contributed by atoms with Crippen LogP contribution in [0.4, 0.5) is 0 Å². The lowest BCUT2D eigenvalue weighted by Gasteiger charge is -2.32. The highest BCUT2D eigenvalue weighted by molar-refractivity contribution is 5.82. The second-order valence-electron chi connectivity index (χ2n) is 9.34. The molecule has 4 heterocycles. The number of hydrogen-bond donors (Lipinski definition) is 1. The van der Waals surface area contributed by atoms with Crippen LogP contribution in [0.1, 0.15) is 42.3 Å².